The Hall–Kier alpha value is -4.04. The number of anilines is 2. The molecule has 3 N–H and O–H groups in total. The Labute approximate surface area is 196 Å². The lowest BCUT2D eigenvalue weighted by atomic mass is 10.2. The van der Waals surface area contributed by atoms with E-state index in [1.165, 1.54) is 36.8 Å². The van der Waals surface area contributed by atoms with Crippen LogP contribution in [-0.2, 0) is 6.18 Å². The molecular formula is C19H11ClF3N9OS. The Bertz CT molecular complexity index is 1530. The van der Waals surface area contributed by atoms with Crippen LogP contribution in [0.1, 0.15) is 16.1 Å². The summed E-state index contributed by atoms with van der Waals surface area (Å²) in [6.07, 6.45) is 0.0166. The molecule has 0 unspecified atom stereocenters. The second-order valence-corrected chi connectivity index (χ2v) is 8.23. The molecule has 0 radical (unpaired) electrons. The van der Waals surface area contributed by atoms with Gasteiger partial charge in [-0.1, -0.05) is 29.0 Å². The predicted molar refractivity (Wildman–Crippen MR) is 118 cm³/mol. The van der Waals surface area contributed by atoms with E-state index in [1.807, 2.05) is 0 Å². The summed E-state index contributed by atoms with van der Waals surface area (Å²) in [5.74, 6) is -0.859. The highest BCUT2D eigenvalue weighted by Gasteiger charge is 2.41. The molecule has 0 aliphatic rings. The number of alkyl halides is 3. The largest absolute Gasteiger partial charge is 0.434 e. The molecule has 0 spiro atoms. The van der Waals surface area contributed by atoms with Gasteiger partial charge in [-0.05, 0) is 18.2 Å². The lowest BCUT2D eigenvalue weighted by molar-refractivity contribution is -0.143. The molecule has 0 saturated heterocycles. The van der Waals surface area contributed by atoms with Crippen molar-refractivity contribution in [3.05, 3.63) is 65.3 Å². The molecule has 0 atom stereocenters. The van der Waals surface area contributed by atoms with Crippen LogP contribution in [0.15, 0.2) is 49.1 Å². The van der Waals surface area contributed by atoms with E-state index in [9.17, 15) is 18.0 Å². The summed E-state index contributed by atoms with van der Waals surface area (Å²) < 4.78 is 43.3. The Morgan fingerprint density at radius 3 is 2.62 bits per heavy atom. The molecule has 1 aromatic carbocycles. The molecule has 10 nitrogen and oxygen atoms in total. The van der Waals surface area contributed by atoms with Crippen LogP contribution in [0.25, 0.3) is 21.7 Å². The molecular weight excluding hydrogens is 495 g/mol. The van der Waals surface area contributed by atoms with Crippen LogP contribution < -0.4 is 11.1 Å². The fraction of sp³-hybridized carbons (Fsp3) is 0.0526. The average molecular weight is 506 g/mol. The van der Waals surface area contributed by atoms with Crippen LogP contribution in [0.2, 0.25) is 5.02 Å². The first kappa shape index (κ1) is 21.8. The number of aromatic nitrogens is 7. The van der Waals surface area contributed by atoms with Gasteiger partial charge in [0.25, 0.3) is 5.91 Å². The van der Waals surface area contributed by atoms with E-state index in [0.29, 0.717) is 14.9 Å². The molecule has 0 bridgehead atoms. The van der Waals surface area contributed by atoms with Crippen molar-refractivity contribution in [3.63, 3.8) is 0 Å². The number of rotatable bonds is 4. The maximum absolute atomic E-state index is 14.1. The molecule has 0 aliphatic carbocycles. The van der Waals surface area contributed by atoms with Crippen molar-refractivity contribution in [1.29, 1.82) is 0 Å². The zero-order valence-corrected chi connectivity index (χ0v) is 18.2. The molecule has 4 aromatic heterocycles. The Balaban J connectivity index is 1.53. The average Bonchev–Trinajstić information content (AvgIpc) is 3.51. The number of pyridine rings is 1. The minimum Gasteiger partial charge on any atom is -0.375 e. The minimum absolute atomic E-state index is 0.0733. The zero-order chi connectivity index (χ0) is 24.0. The molecule has 172 valence electrons. The van der Waals surface area contributed by atoms with Crippen molar-refractivity contribution in [2.45, 2.75) is 6.18 Å². The number of hydrogen-bond donors (Lipinski definition) is 2. The summed E-state index contributed by atoms with van der Waals surface area (Å²) in [6.45, 7) is 0. The van der Waals surface area contributed by atoms with Gasteiger partial charge in [-0.2, -0.15) is 28.5 Å². The summed E-state index contributed by atoms with van der Waals surface area (Å²) in [6, 6.07) is 5.91. The van der Waals surface area contributed by atoms with Crippen LogP contribution in [0, 0.1) is 0 Å². The van der Waals surface area contributed by atoms with E-state index >= 15 is 0 Å². The molecule has 34 heavy (non-hydrogen) atoms. The first-order chi connectivity index (χ1) is 16.2. The molecule has 0 saturated carbocycles. The van der Waals surface area contributed by atoms with Gasteiger partial charge < -0.3 is 11.1 Å². The number of nitrogens with two attached hydrogens (primary N) is 1. The summed E-state index contributed by atoms with van der Waals surface area (Å²) in [7, 11) is 0. The maximum atomic E-state index is 14.1. The van der Waals surface area contributed by atoms with Gasteiger partial charge in [-0.25, -0.2) is 14.6 Å². The number of benzene rings is 1. The molecule has 15 heteroatoms. The predicted octanol–water partition coefficient (Wildman–Crippen LogP) is 3.96. The third kappa shape index (κ3) is 3.82. The molecule has 0 aliphatic heterocycles. The van der Waals surface area contributed by atoms with Crippen molar-refractivity contribution in [1.82, 2.24) is 34.7 Å². The Morgan fingerprint density at radius 1 is 1.15 bits per heavy atom. The quantitative estimate of drug-likeness (QED) is 0.378. The van der Waals surface area contributed by atoms with Gasteiger partial charge in [0.1, 0.15) is 0 Å². The van der Waals surface area contributed by atoms with Crippen molar-refractivity contribution >= 4 is 49.9 Å². The first-order valence-electron chi connectivity index (χ1n) is 9.36. The lowest BCUT2D eigenvalue weighted by Crippen LogP contribution is -2.21. The first-order valence-corrected chi connectivity index (χ1v) is 10.6. The van der Waals surface area contributed by atoms with Crippen LogP contribution in [0.5, 0.6) is 0 Å². The zero-order valence-electron chi connectivity index (χ0n) is 16.7. The summed E-state index contributed by atoms with van der Waals surface area (Å²) in [5, 5.41) is 14.3. The van der Waals surface area contributed by atoms with Crippen molar-refractivity contribution in [3.8, 4) is 11.5 Å². The summed E-state index contributed by atoms with van der Waals surface area (Å²) in [5.41, 5.74) is 4.37. The van der Waals surface area contributed by atoms with Crippen LogP contribution in [-0.4, -0.2) is 40.6 Å². The number of carbonyl (C=O) groups excluding carboxylic acids is 1. The SMILES string of the molecule is Nc1nc2cccc(-n3ncc(C(=O)Nc4cnc(-n5nccn5)c(Cl)c4)c3C(F)(F)F)c2s1. The van der Waals surface area contributed by atoms with Gasteiger partial charge in [0.15, 0.2) is 16.6 Å². The maximum Gasteiger partial charge on any atom is 0.434 e. The number of nitrogens with zero attached hydrogens (tertiary/aromatic N) is 7. The van der Waals surface area contributed by atoms with Gasteiger partial charge in [-0.15, -0.1) is 4.80 Å². The summed E-state index contributed by atoms with van der Waals surface area (Å²) >= 11 is 7.19. The van der Waals surface area contributed by atoms with Crippen molar-refractivity contribution in [2.24, 2.45) is 0 Å². The fourth-order valence-corrected chi connectivity index (χ4v) is 4.33. The minimum atomic E-state index is -4.90. The van der Waals surface area contributed by atoms with Gasteiger partial charge in [0.05, 0.1) is 57.0 Å². The third-order valence-electron chi connectivity index (χ3n) is 4.61. The smallest absolute Gasteiger partial charge is 0.375 e. The number of halogens is 4. The number of amides is 1. The van der Waals surface area contributed by atoms with Crippen LogP contribution in [0.4, 0.5) is 24.0 Å². The molecule has 5 rings (SSSR count). The van der Waals surface area contributed by atoms with E-state index in [2.05, 4.69) is 30.6 Å². The van der Waals surface area contributed by atoms with Gasteiger partial charge >= 0.3 is 6.18 Å². The Kier molecular flexibility index (Phi) is 5.17. The number of hydrogen-bond acceptors (Lipinski definition) is 8. The molecule has 5 aromatic rings. The fourth-order valence-electron chi connectivity index (χ4n) is 3.26. The van der Waals surface area contributed by atoms with E-state index in [4.69, 9.17) is 17.3 Å². The van der Waals surface area contributed by atoms with Gasteiger partial charge in [0.2, 0.25) is 0 Å². The van der Waals surface area contributed by atoms with E-state index in [0.717, 1.165) is 22.3 Å². The third-order valence-corrected chi connectivity index (χ3v) is 5.81. The van der Waals surface area contributed by atoms with E-state index in [-0.39, 0.29) is 27.3 Å². The normalized spacial score (nSPS) is 11.8. The van der Waals surface area contributed by atoms with Gasteiger partial charge in [-0.3, -0.25) is 4.79 Å². The van der Waals surface area contributed by atoms with E-state index < -0.39 is 23.3 Å². The lowest BCUT2D eigenvalue weighted by Gasteiger charge is -2.13. The molecule has 4 heterocycles. The Morgan fingerprint density at radius 2 is 1.91 bits per heavy atom. The number of carbonyl (C=O) groups is 1. The highest BCUT2D eigenvalue weighted by Crippen LogP contribution is 2.37. The number of nitrogens with one attached hydrogen (secondary N) is 1. The van der Waals surface area contributed by atoms with Crippen molar-refractivity contribution < 1.29 is 18.0 Å². The summed E-state index contributed by atoms with van der Waals surface area (Å²) in [4.78, 5) is 22.1. The van der Waals surface area contributed by atoms with Gasteiger partial charge in [0, 0.05) is 0 Å². The second-order valence-electron chi connectivity index (χ2n) is 6.80. The monoisotopic (exact) mass is 505 g/mol. The molecule has 1 amide bonds. The highest BCUT2D eigenvalue weighted by molar-refractivity contribution is 7.22. The number of fused-ring (bicyclic) bond motifs is 1. The standard InChI is InChI=1S/C19H11ClF3N9OS/c20-11-6-9(7-25-16(11)32-26-4-5-27-32)29-17(33)10-8-28-31(15(10)19(21,22)23)13-3-1-2-12-14(13)34-18(24)30-12/h1-8H,(H2,24,30)(H,29,33). The van der Waals surface area contributed by atoms with Crippen LogP contribution >= 0.6 is 22.9 Å². The van der Waals surface area contributed by atoms with Crippen molar-refractivity contribution in [2.75, 3.05) is 11.1 Å². The number of nitrogen functional groups attached to an aromatic ring is 1. The number of thiazole rings is 1. The highest BCUT2D eigenvalue weighted by atomic mass is 35.5. The second kappa shape index (κ2) is 8.07. The molecule has 0 fully saturated rings. The van der Waals surface area contributed by atoms with Crippen LogP contribution in [0.3, 0.4) is 0 Å². The van der Waals surface area contributed by atoms with E-state index in [1.54, 1.807) is 6.07 Å². The topological polar surface area (TPSA) is 129 Å².